The lowest BCUT2D eigenvalue weighted by Gasteiger charge is -2.19. The zero-order valence-electron chi connectivity index (χ0n) is 5.88. The molecular weight excluding hydrogens is 130 g/mol. The molecule has 3 heteroatoms. The molecule has 0 unspecified atom stereocenters. The number of ether oxygens (including phenoxy) is 1. The third kappa shape index (κ3) is 2.35. The average molecular weight is 142 g/mol. The summed E-state index contributed by atoms with van der Waals surface area (Å²) < 4.78 is 5.11. The minimum Gasteiger partial charge on any atom is -0.381 e. The summed E-state index contributed by atoms with van der Waals surface area (Å²) >= 11 is 0. The average Bonchev–Trinajstić information content (AvgIpc) is 1.88. The van der Waals surface area contributed by atoms with Crippen LogP contribution in [0.3, 0.4) is 0 Å². The standard InChI is InChI=1S/C7H12NO2/c8-7(9)5-6-1-3-10-4-2-6/h5-6H,1-4H2,(H2,8,9). The topological polar surface area (TPSA) is 52.3 Å². The molecule has 1 heterocycles. The third-order valence-electron chi connectivity index (χ3n) is 1.67. The van der Waals surface area contributed by atoms with E-state index in [1.54, 1.807) is 6.42 Å². The predicted octanol–water partition coefficient (Wildman–Crippen LogP) is 0.103. The number of primary amides is 1. The highest BCUT2D eigenvalue weighted by Crippen LogP contribution is 2.16. The normalized spacial score (nSPS) is 20.8. The van der Waals surface area contributed by atoms with Crippen LogP contribution in [0.1, 0.15) is 12.8 Å². The molecule has 1 radical (unpaired) electrons. The van der Waals surface area contributed by atoms with Crippen LogP contribution < -0.4 is 5.73 Å². The highest BCUT2D eigenvalue weighted by atomic mass is 16.5. The van der Waals surface area contributed by atoms with Gasteiger partial charge in [-0.2, -0.15) is 0 Å². The molecule has 0 aromatic rings. The van der Waals surface area contributed by atoms with Crippen molar-refractivity contribution in [2.24, 2.45) is 11.7 Å². The van der Waals surface area contributed by atoms with E-state index in [1.165, 1.54) is 0 Å². The van der Waals surface area contributed by atoms with Crippen molar-refractivity contribution in [1.29, 1.82) is 0 Å². The van der Waals surface area contributed by atoms with Gasteiger partial charge < -0.3 is 10.5 Å². The van der Waals surface area contributed by atoms with Crippen molar-refractivity contribution in [3.8, 4) is 0 Å². The molecule has 1 aliphatic heterocycles. The van der Waals surface area contributed by atoms with Crippen LogP contribution in [0.2, 0.25) is 0 Å². The van der Waals surface area contributed by atoms with E-state index in [2.05, 4.69) is 0 Å². The van der Waals surface area contributed by atoms with Crippen molar-refractivity contribution < 1.29 is 9.53 Å². The fourth-order valence-electron chi connectivity index (χ4n) is 1.11. The molecule has 0 bridgehead atoms. The molecular formula is C7H12NO2. The first kappa shape index (κ1) is 7.54. The van der Waals surface area contributed by atoms with Crippen LogP contribution in [0.4, 0.5) is 0 Å². The molecule has 1 fully saturated rings. The Morgan fingerprint density at radius 2 is 2.10 bits per heavy atom. The van der Waals surface area contributed by atoms with E-state index in [0.717, 1.165) is 26.1 Å². The fourth-order valence-corrected chi connectivity index (χ4v) is 1.11. The van der Waals surface area contributed by atoms with E-state index in [9.17, 15) is 4.79 Å². The first-order valence-electron chi connectivity index (χ1n) is 3.51. The van der Waals surface area contributed by atoms with Gasteiger partial charge in [-0.3, -0.25) is 4.79 Å². The summed E-state index contributed by atoms with van der Waals surface area (Å²) in [5, 5.41) is 0. The first-order chi connectivity index (χ1) is 4.79. The zero-order valence-corrected chi connectivity index (χ0v) is 5.88. The Balaban J connectivity index is 2.19. The summed E-state index contributed by atoms with van der Waals surface area (Å²) in [6.07, 6.45) is 3.45. The Kier molecular flexibility index (Phi) is 2.68. The minimum atomic E-state index is -0.313. The molecule has 0 aliphatic carbocycles. The fraction of sp³-hybridized carbons (Fsp3) is 0.714. The van der Waals surface area contributed by atoms with E-state index in [-0.39, 0.29) is 5.91 Å². The number of hydrogen-bond donors (Lipinski definition) is 1. The quantitative estimate of drug-likeness (QED) is 0.594. The van der Waals surface area contributed by atoms with Gasteiger partial charge in [-0.05, 0) is 18.8 Å². The molecule has 0 aromatic heterocycles. The Hall–Kier alpha value is -0.570. The number of amides is 1. The molecule has 0 aromatic carbocycles. The van der Waals surface area contributed by atoms with E-state index in [0.29, 0.717) is 5.92 Å². The van der Waals surface area contributed by atoms with Gasteiger partial charge in [-0.1, -0.05) is 0 Å². The molecule has 10 heavy (non-hydrogen) atoms. The van der Waals surface area contributed by atoms with Crippen molar-refractivity contribution in [2.45, 2.75) is 12.8 Å². The minimum absolute atomic E-state index is 0.313. The van der Waals surface area contributed by atoms with Gasteiger partial charge in [0.05, 0.1) is 6.42 Å². The van der Waals surface area contributed by atoms with Crippen LogP contribution in [-0.4, -0.2) is 19.1 Å². The SMILES string of the molecule is NC(=O)[CH]C1CCOCC1. The maximum Gasteiger partial charge on any atom is 0.221 e. The Bertz CT molecular complexity index is 119. The summed E-state index contributed by atoms with van der Waals surface area (Å²) in [6.45, 7) is 1.52. The van der Waals surface area contributed by atoms with Crippen LogP contribution in [0, 0.1) is 12.3 Å². The number of rotatable bonds is 2. The lowest BCUT2D eigenvalue weighted by atomic mass is 9.96. The largest absolute Gasteiger partial charge is 0.381 e. The number of hydrogen-bond acceptors (Lipinski definition) is 2. The zero-order chi connectivity index (χ0) is 7.40. The first-order valence-corrected chi connectivity index (χ1v) is 3.51. The predicted molar refractivity (Wildman–Crippen MR) is 37.0 cm³/mol. The summed E-state index contributed by atoms with van der Waals surface area (Å²) in [7, 11) is 0. The Morgan fingerprint density at radius 3 is 2.60 bits per heavy atom. The van der Waals surface area contributed by atoms with Crippen molar-refractivity contribution in [2.75, 3.05) is 13.2 Å². The van der Waals surface area contributed by atoms with E-state index >= 15 is 0 Å². The monoisotopic (exact) mass is 142 g/mol. The molecule has 1 saturated heterocycles. The van der Waals surface area contributed by atoms with Gasteiger partial charge in [0.25, 0.3) is 0 Å². The molecule has 2 N–H and O–H groups in total. The second-order valence-electron chi connectivity index (χ2n) is 2.52. The highest BCUT2D eigenvalue weighted by molar-refractivity contribution is 5.83. The molecule has 57 valence electrons. The van der Waals surface area contributed by atoms with E-state index in [4.69, 9.17) is 10.5 Å². The second kappa shape index (κ2) is 3.56. The second-order valence-corrected chi connectivity index (χ2v) is 2.52. The van der Waals surface area contributed by atoms with Crippen LogP contribution in [0.15, 0.2) is 0 Å². The van der Waals surface area contributed by atoms with Crippen LogP contribution >= 0.6 is 0 Å². The summed E-state index contributed by atoms with van der Waals surface area (Å²) in [5.74, 6) is 0.0400. The number of carbonyl (C=O) groups is 1. The van der Waals surface area contributed by atoms with Gasteiger partial charge in [0.2, 0.25) is 5.91 Å². The third-order valence-corrected chi connectivity index (χ3v) is 1.67. The van der Waals surface area contributed by atoms with Crippen molar-refractivity contribution >= 4 is 5.91 Å². The molecule has 3 nitrogen and oxygen atoms in total. The van der Waals surface area contributed by atoms with Gasteiger partial charge >= 0.3 is 0 Å². The summed E-state index contributed by atoms with van der Waals surface area (Å²) in [6, 6.07) is 0. The van der Waals surface area contributed by atoms with Crippen LogP contribution in [0.25, 0.3) is 0 Å². The van der Waals surface area contributed by atoms with Gasteiger partial charge in [0.1, 0.15) is 0 Å². The Morgan fingerprint density at radius 1 is 1.50 bits per heavy atom. The smallest absolute Gasteiger partial charge is 0.221 e. The number of carbonyl (C=O) groups excluding carboxylic acids is 1. The van der Waals surface area contributed by atoms with Gasteiger partial charge in [-0.15, -0.1) is 0 Å². The maximum absolute atomic E-state index is 10.4. The molecule has 0 atom stereocenters. The van der Waals surface area contributed by atoms with Crippen LogP contribution in [0.5, 0.6) is 0 Å². The van der Waals surface area contributed by atoms with Crippen LogP contribution in [-0.2, 0) is 9.53 Å². The Labute approximate surface area is 60.5 Å². The number of nitrogens with two attached hydrogens (primary N) is 1. The molecule has 1 aliphatic rings. The van der Waals surface area contributed by atoms with Gasteiger partial charge in [0.15, 0.2) is 0 Å². The lowest BCUT2D eigenvalue weighted by molar-refractivity contribution is -0.115. The summed E-state index contributed by atoms with van der Waals surface area (Å²) in [5.41, 5.74) is 4.99. The lowest BCUT2D eigenvalue weighted by Crippen LogP contribution is -2.23. The van der Waals surface area contributed by atoms with E-state index in [1.807, 2.05) is 0 Å². The molecule has 0 saturated carbocycles. The summed E-state index contributed by atoms with van der Waals surface area (Å²) in [4.78, 5) is 10.4. The maximum atomic E-state index is 10.4. The van der Waals surface area contributed by atoms with Gasteiger partial charge in [-0.25, -0.2) is 0 Å². The van der Waals surface area contributed by atoms with Crippen molar-refractivity contribution in [1.82, 2.24) is 0 Å². The van der Waals surface area contributed by atoms with Crippen molar-refractivity contribution in [3.63, 3.8) is 0 Å². The molecule has 0 spiro atoms. The van der Waals surface area contributed by atoms with Crippen molar-refractivity contribution in [3.05, 3.63) is 6.42 Å². The molecule has 1 rings (SSSR count). The molecule has 1 amide bonds. The van der Waals surface area contributed by atoms with Gasteiger partial charge in [0, 0.05) is 13.2 Å². The highest BCUT2D eigenvalue weighted by Gasteiger charge is 2.15. The van der Waals surface area contributed by atoms with E-state index < -0.39 is 0 Å².